The summed E-state index contributed by atoms with van der Waals surface area (Å²) in [6.07, 6.45) is -4.72. The number of alkyl halides is 3. The number of aromatic nitrogens is 2. The second-order valence-electron chi connectivity index (χ2n) is 4.29. The smallest absolute Gasteiger partial charge is 0.435 e. The molecule has 0 aliphatic carbocycles. The minimum atomic E-state index is -4.54. The van der Waals surface area contributed by atoms with Gasteiger partial charge in [0.2, 0.25) is 0 Å². The molecule has 1 aromatic heterocycles. The highest BCUT2D eigenvalue weighted by Gasteiger charge is 2.34. The van der Waals surface area contributed by atoms with Gasteiger partial charge in [-0.1, -0.05) is 0 Å². The summed E-state index contributed by atoms with van der Waals surface area (Å²) in [7, 11) is 0. The Morgan fingerprint density at radius 2 is 2.20 bits per heavy atom. The Morgan fingerprint density at radius 3 is 2.75 bits per heavy atom. The predicted octanol–water partition coefficient (Wildman–Crippen LogP) is 1.18. The van der Waals surface area contributed by atoms with Gasteiger partial charge in [0, 0.05) is 6.54 Å². The van der Waals surface area contributed by atoms with E-state index in [2.05, 4.69) is 10.2 Å². The first-order chi connectivity index (χ1) is 9.38. The maximum atomic E-state index is 12.4. The fourth-order valence-corrected chi connectivity index (χ4v) is 1.96. The minimum Gasteiger partial charge on any atom is -0.481 e. The number of carbonyl (C=O) groups is 1. The van der Waals surface area contributed by atoms with Crippen LogP contribution in [0.2, 0.25) is 0 Å². The Bertz CT molecular complexity index is 478. The molecule has 1 unspecified atom stereocenters. The van der Waals surface area contributed by atoms with E-state index in [0.717, 1.165) is 6.07 Å². The Morgan fingerprint density at radius 1 is 1.45 bits per heavy atom. The molecule has 1 aromatic rings. The second kappa shape index (κ2) is 5.61. The zero-order valence-corrected chi connectivity index (χ0v) is 10.3. The first-order valence-corrected chi connectivity index (χ1v) is 5.85. The lowest BCUT2D eigenvalue weighted by atomic mass is 10.1. The number of carboxylic acid groups (broad SMARTS) is 1. The monoisotopic (exact) mass is 291 g/mol. The molecule has 6 nitrogen and oxygen atoms in total. The van der Waals surface area contributed by atoms with E-state index in [1.54, 1.807) is 4.90 Å². The molecule has 0 bridgehead atoms. The van der Waals surface area contributed by atoms with Crippen LogP contribution < -0.4 is 4.90 Å². The van der Waals surface area contributed by atoms with Crippen molar-refractivity contribution in [3.05, 3.63) is 17.8 Å². The van der Waals surface area contributed by atoms with Crippen molar-refractivity contribution in [1.82, 2.24) is 10.2 Å². The van der Waals surface area contributed by atoms with E-state index in [4.69, 9.17) is 9.84 Å². The molecule has 9 heteroatoms. The molecule has 0 aromatic carbocycles. The van der Waals surface area contributed by atoms with Gasteiger partial charge < -0.3 is 14.7 Å². The average molecular weight is 291 g/mol. The van der Waals surface area contributed by atoms with Crippen molar-refractivity contribution in [3.8, 4) is 0 Å². The Hall–Kier alpha value is -1.90. The summed E-state index contributed by atoms with van der Waals surface area (Å²) >= 11 is 0. The molecule has 1 N–H and O–H groups in total. The van der Waals surface area contributed by atoms with Crippen molar-refractivity contribution < 1.29 is 27.8 Å². The van der Waals surface area contributed by atoms with Gasteiger partial charge in [0.25, 0.3) is 0 Å². The van der Waals surface area contributed by atoms with Crippen LogP contribution in [0, 0.1) is 0 Å². The lowest BCUT2D eigenvalue weighted by molar-refractivity contribution is -0.141. The van der Waals surface area contributed by atoms with E-state index in [-0.39, 0.29) is 18.8 Å². The molecule has 1 aliphatic heterocycles. The van der Waals surface area contributed by atoms with E-state index in [1.165, 1.54) is 6.07 Å². The quantitative estimate of drug-likeness (QED) is 0.901. The molecule has 20 heavy (non-hydrogen) atoms. The number of ether oxygens (including phenoxy) is 1. The molecule has 0 radical (unpaired) electrons. The van der Waals surface area contributed by atoms with Gasteiger partial charge >= 0.3 is 12.1 Å². The maximum absolute atomic E-state index is 12.4. The Balaban J connectivity index is 2.17. The standard InChI is InChI=1S/C11H12F3N3O3/c12-11(13,14)8-1-2-9(16-15-8)17-3-4-20-6-7(17)5-10(18)19/h1-2,7H,3-6H2,(H,18,19). The van der Waals surface area contributed by atoms with E-state index < -0.39 is 23.9 Å². The van der Waals surface area contributed by atoms with Gasteiger partial charge in [-0.15, -0.1) is 10.2 Å². The van der Waals surface area contributed by atoms with E-state index in [9.17, 15) is 18.0 Å². The summed E-state index contributed by atoms with van der Waals surface area (Å²) in [6.45, 7) is 0.909. The van der Waals surface area contributed by atoms with E-state index in [0.29, 0.717) is 13.2 Å². The summed E-state index contributed by atoms with van der Waals surface area (Å²) in [5, 5.41) is 15.5. The fraction of sp³-hybridized carbons (Fsp3) is 0.545. The SMILES string of the molecule is O=C(O)CC1COCCN1c1ccc(C(F)(F)F)nn1. The molecule has 1 aliphatic rings. The van der Waals surface area contributed by atoms with Crippen molar-refractivity contribution >= 4 is 11.8 Å². The summed E-state index contributed by atoms with van der Waals surface area (Å²) in [5.74, 6) is -0.794. The molecule has 2 heterocycles. The molecule has 1 saturated heterocycles. The first kappa shape index (κ1) is 14.5. The third kappa shape index (κ3) is 3.35. The molecular formula is C11H12F3N3O3. The highest BCUT2D eigenvalue weighted by molar-refractivity contribution is 5.68. The van der Waals surface area contributed by atoms with Crippen LogP contribution in [0.25, 0.3) is 0 Å². The van der Waals surface area contributed by atoms with Crippen molar-refractivity contribution in [2.75, 3.05) is 24.7 Å². The molecule has 0 saturated carbocycles. The summed E-state index contributed by atoms with van der Waals surface area (Å²) in [6, 6.07) is 1.55. The number of rotatable bonds is 3. The van der Waals surface area contributed by atoms with E-state index >= 15 is 0 Å². The van der Waals surface area contributed by atoms with Crippen LogP contribution in [0.15, 0.2) is 12.1 Å². The maximum Gasteiger partial charge on any atom is 0.435 e. The van der Waals surface area contributed by atoms with Crippen LogP contribution in [0.5, 0.6) is 0 Å². The van der Waals surface area contributed by atoms with Gasteiger partial charge in [-0.2, -0.15) is 13.2 Å². The molecule has 0 spiro atoms. The number of halogens is 3. The number of morpholine rings is 1. The summed E-state index contributed by atoms with van der Waals surface area (Å²) < 4.78 is 42.4. The highest BCUT2D eigenvalue weighted by atomic mass is 19.4. The zero-order chi connectivity index (χ0) is 14.8. The normalized spacial score (nSPS) is 19.9. The summed E-state index contributed by atoms with van der Waals surface area (Å²) in [5.41, 5.74) is -1.08. The van der Waals surface area contributed by atoms with Crippen LogP contribution in [0.4, 0.5) is 19.0 Å². The van der Waals surface area contributed by atoms with Crippen LogP contribution in [0.1, 0.15) is 12.1 Å². The number of hydrogen-bond acceptors (Lipinski definition) is 5. The second-order valence-corrected chi connectivity index (χ2v) is 4.29. The number of nitrogens with zero attached hydrogens (tertiary/aromatic N) is 3. The van der Waals surface area contributed by atoms with Crippen LogP contribution in [0.3, 0.4) is 0 Å². The molecule has 2 rings (SSSR count). The van der Waals surface area contributed by atoms with Gasteiger partial charge in [0.1, 0.15) is 0 Å². The third-order valence-electron chi connectivity index (χ3n) is 2.87. The van der Waals surface area contributed by atoms with Gasteiger partial charge in [0.15, 0.2) is 11.5 Å². The third-order valence-corrected chi connectivity index (χ3v) is 2.87. The van der Waals surface area contributed by atoms with Crippen molar-refractivity contribution in [3.63, 3.8) is 0 Å². The van der Waals surface area contributed by atoms with Crippen LogP contribution in [-0.2, 0) is 15.7 Å². The predicted molar refractivity (Wildman–Crippen MR) is 61.2 cm³/mol. The highest BCUT2D eigenvalue weighted by Crippen LogP contribution is 2.28. The van der Waals surface area contributed by atoms with Gasteiger partial charge in [-0.25, -0.2) is 0 Å². The van der Waals surface area contributed by atoms with E-state index in [1.807, 2.05) is 0 Å². The van der Waals surface area contributed by atoms with Crippen LogP contribution >= 0.6 is 0 Å². The summed E-state index contributed by atoms with van der Waals surface area (Å²) in [4.78, 5) is 12.4. The Kier molecular flexibility index (Phi) is 4.07. The lowest BCUT2D eigenvalue weighted by Crippen LogP contribution is -2.47. The molecule has 110 valence electrons. The number of carboxylic acids is 1. The molecule has 1 atom stereocenters. The topological polar surface area (TPSA) is 75.6 Å². The van der Waals surface area contributed by atoms with Gasteiger partial charge in [-0.3, -0.25) is 4.79 Å². The fourth-order valence-electron chi connectivity index (χ4n) is 1.96. The van der Waals surface area contributed by atoms with Crippen molar-refractivity contribution in [2.24, 2.45) is 0 Å². The zero-order valence-electron chi connectivity index (χ0n) is 10.3. The first-order valence-electron chi connectivity index (χ1n) is 5.85. The number of aliphatic carboxylic acids is 1. The van der Waals surface area contributed by atoms with Crippen molar-refractivity contribution in [1.29, 1.82) is 0 Å². The number of anilines is 1. The molecular weight excluding hydrogens is 279 g/mol. The lowest BCUT2D eigenvalue weighted by Gasteiger charge is -2.35. The van der Waals surface area contributed by atoms with Gasteiger partial charge in [0.05, 0.1) is 25.7 Å². The van der Waals surface area contributed by atoms with Gasteiger partial charge in [-0.05, 0) is 12.1 Å². The van der Waals surface area contributed by atoms with Crippen LogP contribution in [-0.4, -0.2) is 47.1 Å². The minimum absolute atomic E-state index is 0.178. The molecule has 0 amide bonds. The average Bonchev–Trinajstić information content (AvgIpc) is 2.38. The Labute approximate surface area is 112 Å². The molecule has 1 fully saturated rings. The number of hydrogen-bond donors (Lipinski definition) is 1. The largest absolute Gasteiger partial charge is 0.481 e. The van der Waals surface area contributed by atoms with Crippen molar-refractivity contribution in [2.45, 2.75) is 18.6 Å².